The molecule has 0 fully saturated rings. The molecule has 1 aromatic heterocycles. The number of hydrogen-bond acceptors (Lipinski definition) is 6. The van der Waals surface area contributed by atoms with Crippen molar-refractivity contribution in [3.8, 4) is 0 Å². The zero-order chi connectivity index (χ0) is 21.3. The maximum atomic E-state index is 12.4. The van der Waals surface area contributed by atoms with Crippen molar-refractivity contribution in [3.63, 3.8) is 0 Å². The van der Waals surface area contributed by atoms with Gasteiger partial charge in [-0.2, -0.15) is 0 Å². The fourth-order valence-electron chi connectivity index (χ4n) is 2.33. The fraction of sp³-hybridized carbons (Fsp3) is 0.588. The van der Waals surface area contributed by atoms with Gasteiger partial charge in [0.15, 0.2) is 0 Å². The van der Waals surface area contributed by atoms with Crippen molar-refractivity contribution < 1.29 is 24.3 Å². The summed E-state index contributed by atoms with van der Waals surface area (Å²) < 4.78 is 0. The highest BCUT2D eigenvalue weighted by atomic mass is 16.4. The van der Waals surface area contributed by atoms with Gasteiger partial charge in [0.2, 0.25) is 17.7 Å². The number of nitrogens with two attached hydrogens (primary N) is 1. The lowest BCUT2D eigenvalue weighted by Gasteiger charge is -2.21. The van der Waals surface area contributed by atoms with E-state index in [0.29, 0.717) is 12.1 Å². The lowest BCUT2D eigenvalue weighted by molar-refractivity contribution is -0.143. The predicted molar refractivity (Wildman–Crippen MR) is 99.9 cm³/mol. The molecular weight excluding hydrogens is 368 g/mol. The summed E-state index contributed by atoms with van der Waals surface area (Å²) in [5.74, 6) is -3.17. The zero-order valence-corrected chi connectivity index (χ0v) is 16.2. The number of nitrogens with zero attached hydrogens (tertiary/aromatic N) is 1. The van der Waals surface area contributed by atoms with E-state index in [4.69, 9.17) is 5.73 Å². The fourth-order valence-corrected chi connectivity index (χ4v) is 2.33. The minimum atomic E-state index is -1.14. The molecule has 3 amide bonds. The maximum absolute atomic E-state index is 12.4. The monoisotopic (exact) mass is 396 g/mol. The smallest absolute Gasteiger partial charge is 0.326 e. The predicted octanol–water partition coefficient (Wildman–Crippen LogP) is -1.48. The second-order valence-electron chi connectivity index (χ2n) is 6.62. The Hall–Kier alpha value is -2.95. The number of aromatic amines is 1. The van der Waals surface area contributed by atoms with Crippen molar-refractivity contribution in [2.45, 2.75) is 51.7 Å². The molecule has 28 heavy (non-hydrogen) atoms. The lowest BCUT2D eigenvalue weighted by atomic mass is 9.99. The second-order valence-corrected chi connectivity index (χ2v) is 6.62. The minimum absolute atomic E-state index is 0.122. The van der Waals surface area contributed by atoms with Gasteiger partial charge < -0.3 is 31.8 Å². The van der Waals surface area contributed by atoms with E-state index < -0.39 is 48.4 Å². The molecule has 0 bridgehead atoms. The average molecular weight is 396 g/mol. The van der Waals surface area contributed by atoms with Gasteiger partial charge in [-0.1, -0.05) is 20.3 Å². The molecule has 0 aromatic carbocycles. The van der Waals surface area contributed by atoms with E-state index in [1.807, 2.05) is 6.92 Å². The molecule has 4 unspecified atom stereocenters. The van der Waals surface area contributed by atoms with E-state index in [1.165, 1.54) is 19.4 Å². The van der Waals surface area contributed by atoms with Crippen LogP contribution in [0.25, 0.3) is 0 Å². The summed E-state index contributed by atoms with van der Waals surface area (Å²) in [6, 6.07) is -2.84. The van der Waals surface area contributed by atoms with E-state index in [0.717, 1.165) is 0 Å². The molecular formula is C17H28N6O5. The van der Waals surface area contributed by atoms with Gasteiger partial charge in [0.25, 0.3) is 0 Å². The van der Waals surface area contributed by atoms with Crippen molar-refractivity contribution in [2.24, 2.45) is 11.7 Å². The van der Waals surface area contributed by atoms with Crippen molar-refractivity contribution in [2.75, 3.05) is 6.54 Å². The average Bonchev–Trinajstić information content (AvgIpc) is 3.15. The largest absolute Gasteiger partial charge is 0.480 e. The van der Waals surface area contributed by atoms with E-state index in [-0.39, 0.29) is 12.3 Å². The van der Waals surface area contributed by atoms with Crippen molar-refractivity contribution in [3.05, 3.63) is 18.2 Å². The first-order valence-electron chi connectivity index (χ1n) is 8.98. The molecule has 0 saturated heterocycles. The maximum Gasteiger partial charge on any atom is 0.326 e. The van der Waals surface area contributed by atoms with Crippen LogP contribution in [-0.2, 0) is 25.6 Å². The first-order valence-corrected chi connectivity index (χ1v) is 8.98. The summed E-state index contributed by atoms with van der Waals surface area (Å²) in [5, 5.41) is 16.5. The SMILES string of the molecule is CCC(C)C(NC(=O)CNC(=O)C(Cc1cnc[nH]1)NC(=O)C(C)N)C(=O)O. The second kappa shape index (κ2) is 11.0. The first-order chi connectivity index (χ1) is 13.1. The molecule has 11 heteroatoms. The molecule has 0 saturated carbocycles. The van der Waals surface area contributed by atoms with Crippen LogP contribution in [0.5, 0.6) is 0 Å². The van der Waals surface area contributed by atoms with Crippen LogP contribution < -0.4 is 21.7 Å². The molecule has 0 aliphatic rings. The highest BCUT2D eigenvalue weighted by molar-refractivity contribution is 5.92. The van der Waals surface area contributed by atoms with Gasteiger partial charge in [-0.25, -0.2) is 9.78 Å². The molecule has 156 valence electrons. The first kappa shape index (κ1) is 23.1. The lowest BCUT2D eigenvalue weighted by Crippen LogP contribution is -2.54. The number of aromatic nitrogens is 2. The van der Waals surface area contributed by atoms with Crippen LogP contribution in [-0.4, -0.2) is 63.4 Å². The Labute approximate surface area is 162 Å². The van der Waals surface area contributed by atoms with Gasteiger partial charge >= 0.3 is 5.97 Å². The number of H-pyrrole nitrogens is 1. The third-order valence-corrected chi connectivity index (χ3v) is 4.24. The van der Waals surface area contributed by atoms with Crippen molar-refractivity contribution in [1.82, 2.24) is 25.9 Å². The van der Waals surface area contributed by atoms with Crippen LogP contribution in [0.2, 0.25) is 0 Å². The Kier molecular flexibility index (Phi) is 9.09. The van der Waals surface area contributed by atoms with Gasteiger partial charge in [-0.3, -0.25) is 14.4 Å². The van der Waals surface area contributed by atoms with E-state index >= 15 is 0 Å². The molecule has 1 rings (SSSR count). The van der Waals surface area contributed by atoms with Crippen molar-refractivity contribution in [1.29, 1.82) is 0 Å². The standard InChI is InChI=1S/C17H28N6O5/c1-4-9(2)14(17(27)28)23-13(24)7-20-16(26)12(22-15(25)10(3)18)5-11-6-19-8-21-11/h6,8-10,12,14H,4-5,7,18H2,1-3H3,(H,19,21)(H,20,26)(H,22,25)(H,23,24)(H,27,28). The van der Waals surface area contributed by atoms with E-state index in [1.54, 1.807) is 6.92 Å². The van der Waals surface area contributed by atoms with Crippen LogP contribution in [0.3, 0.4) is 0 Å². The van der Waals surface area contributed by atoms with Crippen LogP contribution in [0.15, 0.2) is 12.5 Å². The third kappa shape index (κ3) is 7.35. The Morgan fingerprint density at radius 3 is 2.39 bits per heavy atom. The summed E-state index contributed by atoms with van der Waals surface area (Å²) in [6.07, 6.45) is 3.64. The van der Waals surface area contributed by atoms with Gasteiger partial charge in [-0.15, -0.1) is 0 Å². The summed E-state index contributed by atoms with van der Waals surface area (Å²) in [4.78, 5) is 54.3. The summed E-state index contributed by atoms with van der Waals surface area (Å²) in [7, 11) is 0. The number of carboxylic acid groups (broad SMARTS) is 1. The molecule has 0 aliphatic carbocycles. The quantitative estimate of drug-likeness (QED) is 0.264. The van der Waals surface area contributed by atoms with E-state index in [2.05, 4.69) is 25.9 Å². The Morgan fingerprint density at radius 1 is 1.21 bits per heavy atom. The number of amides is 3. The molecule has 7 N–H and O–H groups in total. The Morgan fingerprint density at radius 2 is 1.89 bits per heavy atom. The number of rotatable bonds is 11. The van der Waals surface area contributed by atoms with Crippen LogP contribution >= 0.6 is 0 Å². The number of hydrogen-bond donors (Lipinski definition) is 6. The van der Waals surface area contributed by atoms with Gasteiger partial charge in [0.1, 0.15) is 12.1 Å². The molecule has 4 atom stereocenters. The van der Waals surface area contributed by atoms with Crippen LogP contribution in [0.4, 0.5) is 0 Å². The van der Waals surface area contributed by atoms with Crippen LogP contribution in [0, 0.1) is 5.92 Å². The Bertz CT molecular complexity index is 676. The van der Waals surface area contributed by atoms with Crippen LogP contribution in [0.1, 0.15) is 32.9 Å². The number of nitrogens with one attached hydrogen (secondary N) is 4. The van der Waals surface area contributed by atoms with Gasteiger partial charge in [0, 0.05) is 18.3 Å². The molecule has 11 nitrogen and oxygen atoms in total. The summed E-state index contributed by atoms with van der Waals surface area (Å²) >= 11 is 0. The van der Waals surface area contributed by atoms with E-state index in [9.17, 15) is 24.3 Å². The molecule has 0 radical (unpaired) electrons. The summed E-state index contributed by atoms with van der Waals surface area (Å²) in [6.45, 7) is 4.58. The topological polar surface area (TPSA) is 179 Å². The Balaban J connectivity index is 2.69. The highest BCUT2D eigenvalue weighted by Gasteiger charge is 2.27. The molecule has 0 spiro atoms. The minimum Gasteiger partial charge on any atom is -0.480 e. The molecule has 0 aliphatic heterocycles. The van der Waals surface area contributed by atoms with Crippen molar-refractivity contribution >= 4 is 23.7 Å². The zero-order valence-electron chi connectivity index (χ0n) is 16.2. The number of carboxylic acids is 1. The third-order valence-electron chi connectivity index (χ3n) is 4.24. The number of imidazole rings is 1. The normalized spacial score (nSPS) is 15.0. The van der Waals surface area contributed by atoms with Gasteiger partial charge in [-0.05, 0) is 12.8 Å². The summed E-state index contributed by atoms with van der Waals surface area (Å²) in [5.41, 5.74) is 6.13. The van der Waals surface area contributed by atoms with Gasteiger partial charge in [0.05, 0.1) is 18.9 Å². The number of carbonyl (C=O) groups excluding carboxylic acids is 3. The number of carbonyl (C=O) groups is 4. The molecule has 1 aromatic rings. The highest BCUT2D eigenvalue weighted by Crippen LogP contribution is 2.07. The number of aliphatic carboxylic acids is 1. The molecule has 1 heterocycles.